The molecule has 0 aliphatic carbocycles. The summed E-state index contributed by atoms with van der Waals surface area (Å²) in [5, 5.41) is 4.09. The number of carbonyl (C=O) groups is 1. The fraction of sp³-hybridized carbons (Fsp3) is 0.217. The van der Waals surface area contributed by atoms with E-state index in [1.54, 1.807) is 6.08 Å². The molecule has 5 nitrogen and oxygen atoms in total. The largest absolute Gasteiger partial charge is 0.488 e. The number of hydrogen-bond donors (Lipinski definition) is 1. The first-order valence-electron chi connectivity index (χ1n) is 9.28. The quantitative estimate of drug-likeness (QED) is 0.688. The Hall–Kier alpha value is -3.18. The van der Waals surface area contributed by atoms with Crippen molar-refractivity contribution in [3.8, 4) is 17.0 Å². The number of esters is 1. The molecule has 4 rings (SSSR count). The van der Waals surface area contributed by atoms with Crippen LogP contribution in [0.3, 0.4) is 0 Å². The summed E-state index contributed by atoms with van der Waals surface area (Å²) < 4.78 is 11.2. The van der Waals surface area contributed by atoms with Gasteiger partial charge in [-0.15, -0.1) is 0 Å². The maximum Gasteiger partial charge on any atom is 0.323 e. The summed E-state index contributed by atoms with van der Waals surface area (Å²) in [6, 6.07) is 17.7. The Labute approximate surface area is 164 Å². The second kappa shape index (κ2) is 7.82. The average Bonchev–Trinajstić information content (AvgIpc) is 3.22. The van der Waals surface area contributed by atoms with Crippen molar-refractivity contribution in [2.75, 3.05) is 13.7 Å². The number of methoxy groups -OCH3 is 1. The Morgan fingerprint density at radius 1 is 1.21 bits per heavy atom. The first kappa shape index (κ1) is 18.2. The third kappa shape index (κ3) is 3.62. The summed E-state index contributed by atoms with van der Waals surface area (Å²) >= 11 is 0. The zero-order valence-electron chi connectivity index (χ0n) is 15.7. The van der Waals surface area contributed by atoms with Crippen LogP contribution in [0, 0.1) is 0 Å². The van der Waals surface area contributed by atoms with Gasteiger partial charge in [0.15, 0.2) is 0 Å². The van der Waals surface area contributed by atoms with Gasteiger partial charge >= 0.3 is 5.97 Å². The highest BCUT2D eigenvalue weighted by atomic mass is 16.5. The molecule has 1 aromatic heterocycles. The molecule has 2 atom stereocenters. The van der Waals surface area contributed by atoms with Crippen LogP contribution in [-0.4, -0.2) is 36.8 Å². The van der Waals surface area contributed by atoms with E-state index in [4.69, 9.17) is 14.5 Å². The predicted octanol–water partition coefficient (Wildman–Crippen LogP) is 3.83. The SMILES string of the molecule is C=Cc1ccc2nc(-c3ccccc3)cc(OC3CN[C@H](C(=O)OC)C3)c2c1. The van der Waals surface area contributed by atoms with Crippen LogP contribution in [0.2, 0.25) is 0 Å². The first-order chi connectivity index (χ1) is 13.7. The Kier molecular flexibility index (Phi) is 5.08. The fourth-order valence-corrected chi connectivity index (χ4v) is 3.49. The summed E-state index contributed by atoms with van der Waals surface area (Å²) in [6.07, 6.45) is 2.25. The predicted molar refractivity (Wildman–Crippen MR) is 110 cm³/mol. The summed E-state index contributed by atoms with van der Waals surface area (Å²) in [7, 11) is 1.40. The number of benzene rings is 2. The number of pyridine rings is 1. The highest BCUT2D eigenvalue weighted by Crippen LogP contribution is 2.32. The second-order valence-electron chi connectivity index (χ2n) is 6.81. The van der Waals surface area contributed by atoms with Crippen LogP contribution in [0.25, 0.3) is 28.2 Å². The summed E-state index contributed by atoms with van der Waals surface area (Å²) in [4.78, 5) is 16.6. The maximum absolute atomic E-state index is 11.8. The molecule has 0 saturated carbocycles. The molecule has 0 bridgehead atoms. The number of carbonyl (C=O) groups excluding carboxylic acids is 1. The van der Waals surface area contributed by atoms with E-state index < -0.39 is 0 Å². The van der Waals surface area contributed by atoms with E-state index >= 15 is 0 Å². The standard InChI is InChI=1S/C23H22N2O3/c1-3-15-9-10-19-18(11-15)22(13-20(25-19)16-7-5-4-6-8-16)28-17-12-21(24-14-17)23(26)27-2/h3-11,13,17,21,24H,1,12,14H2,2H3/t17?,21-/m0/s1. The number of ether oxygens (including phenoxy) is 2. The first-order valence-corrected chi connectivity index (χ1v) is 9.28. The van der Waals surface area contributed by atoms with Crippen molar-refractivity contribution < 1.29 is 14.3 Å². The van der Waals surface area contributed by atoms with Gasteiger partial charge in [0.2, 0.25) is 0 Å². The van der Waals surface area contributed by atoms with Crippen molar-refractivity contribution in [3.63, 3.8) is 0 Å². The normalized spacial score (nSPS) is 18.8. The van der Waals surface area contributed by atoms with Crippen molar-refractivity contribution in [3.05, 3.63) is 66.7 Å². The Morgan fingerprint density at radius 3 is 2.79 bits per heavy atom. The van der Waals surface area contributed by atoms with Gasteiger partial charge in [-0.3, -0.25) is 4.79 Å². The van der Waals surface area contributed by atoms with E-state index in [2.05, 4.69) is 11.9 Å². The van der Waals surface area contributed by atoms with Crippen LogP contribution in [0.1, 0.15) is 12.0 Å². The van der Waals surface area contributed by atoms with E-state index in [0.717, 1.165) is 33.5 Å². The zero-order chi connectivity index (χ0) is 19.5. The molecule has 1 unspecified atom stereocenters. The van der Waals surface area contributed by atoms with Crippen LogP contribution in [0.5, 0.6) is 5.75 Å². The second-order valence-corrected chi connectivity index (χ2v) is 6.81. The van der Waals surface area contributed by atoms with Gasteiger partial charge in [-0.25, -0.2) is 4.98 Å². The summed E-state index contributed by atoms with van der Waals surface area (Å²) in [5.41, 5.74) is 3.74. The zero-order valence-corrected chi connectivity index (χ0v) is 15.7. The van der Waals surface area contributed by atoms with Gasteiger partial charge in [-0.05, 0) is 17.7 Å². The molecule has 3 aromatic rings. The lowest BCUT2D eigenvalue weighted by atomic mass is 10.1. The van der Waals surface area contributed by atoms with Crippen LogP contribution in [-0.2, 0) is 9.53 Å². The number of hydrogen-bond acceptors (Lipinski definition) is 5. The van der Waals surface area contributed by atoms with Crippen molar-refractivity contribution in [2.24, 2.45) is 0 Å². The highest BCUT2D eigenvalue weighted by Gasteiger charge is 2.31. The third-order valence-electron chi connectivity index (χ3n) is 4.97. The monoisotopic (exact) mass is 374 g/mol. The minimum Gasteiger partial charge on any atom is -0.488 e. The minimum absolute atomic E-state index is 0.120. The number of fused-ring (bicyclic) bond motifs is 1. The maximum atomic E-state index is 11.8. The van der Waals surface area contributed by atoms with Gasteiger partial charge in [0.05, 0.1) is 18.3 Å². The molecule has 1 fully saturated rings. The molecule has 1 N–H and O–H groups in total. The molecular weight excluding hydrogens is 352 g/mol. The molecule has 2 heterocycles. The van der Waals surface area contributed by atoms with Crippen molar-refractivity contribution >= 4 is 22.9 Å². The number of aromatic nitrogens is 1. The fourth-order valence-electron chi connectivity index (χ4n) is 3.49. The van der Waals surface area contributed by atoms with Crippen LogP contribution in [0.4, 0.5) is 0 Å². The molecule has 0 spiro atoms. The minimum atomic E-state index is -0.333. The Balaban J connectivity index is 1.72. The molecular formula is C23H22N2O3. The smallest absolute Gasteiger partial charge is 0.323 e. The van der Waals surface area contributed by atoms with Gasteiger partial charge in [0, 0.05) is 30.0 Å². The molecule has 1 aliphatic rings. The number of nitrogens with one attached hydrogen (secondary N) is 1. The van der Waals surface area contributed by atoms with Crippen LogP contribution in [0.15, 0.2) is 61.2 Å². The molecule has 0 amide bonds. The Morgan fingerprint density at radius 2 is 2.04 bits per heavy atom. The topological polar surface area (TPSA) is 60.5 Å². The van der Waals surface area contributed by atoms with Gasteiger partial charge in [0.1, 0.15) is 17.9 Å². The van der Waals surface area contributed by atoms with E-state index in [-0.39, 0.29) is 18.1 Å². The molecule has 0 radical (unpaired) electrons. The molecule has 2 aromatic carbocycles. The lowest BCUT2D eigenvalue weighted by Crippen LogP contribution is -2.31. The van der Waals surface area contributed by atoms with E-state index in [0.29, 0.717) is 13.0 Å². The van der Waals surface area contributed by atoms with E-state index in [9.17, 15) is 4.79 Å². The average molecular weight is 374 g/mol. The summed E-state index contributed by atoms with van der Waals surface area (Å²) in [6.45, 7) is 4.44. The van der Waals surface area contributed by atoms with Crippen molar-refractivity contribution in [1.82, 2.24) is 10.3 Å². The number of nitrogens with zero attached hydrogens (tertiary/aromatic N) is 1. The molecule has 142 valence electrons. The van der Waals surface area contributed by atoms with Gasteiger partial charge < -0.3 is 14.8 Å². The van der Waals surface area contributed by atoms with Gasteiger partial charge in [-0.2, -0.15) is 0 Å². The Bertz CT molecular complexity index is 1020. The molecule has 1 aliphatic heterocycles. The van der Waals surface area contributed by atoms with Gasteiger partial charge in [-0.1, -0.05) is 49.1 Å². The molecule has 1 saturated heterocycles. The number of rotatable bonds is 5. The third-order valence-corrected chi connectivity index (χ3v) is 4.97. The lowest BCUT2D eigenvalue weighted by Gasteiger charge is -2.16. The highest BCUT2D eigenvalue weighted by molar-refractivity contribution is 5.89. The van der Waals surface area contributed by atoms with Crippen LogP contribution < -0.4 is 10.1 Å². The van der Waals surface area contributed by atoms with E-state index in [1.165, 1.54) is 7.11 Å². The summed E-state index contributed by atoms with van der Waals surface area (Å²) in [5.74, 6) is 0.495. The lowest BCUT2D eigenvalue weighted by molar-refractivity contribution is -0.142. The molecule has 5 heteroatoms. The van der Waals surface area contributed by atoms with Crippen LogP contribution >= 0.6 is 0 Å². The molecule has 28 heavy (non-hydrogen) atoms. The van der Waals surface area contributed by atoms with Crippen molar-refractivity contribution in [2.45, 2.75) is 18.6 Å². The van der Waals surface area contributed by atoms with Gasteiger partial charge in [0.25, 0.3) is 0 Å². The van der Waals surface area contributed by atoms with E-state index in [1.807, 2.05) is 54.6 Å². The van der Waals surface area contributed by atoms with Crippen molar-refractivity contribution in [1.29, 1.82) is 0 Å².